The number of hydrogen-bond donors (Lipinski definition) is 0. The predicted molar refractivity (Wildman–Crippen MR) is 109 cm³/mol. The molecule has 1 aromatic heterocycles. The van der Waals surface area contributed by atoms with E-state index in [1.165, 1.54) is 23.5 Å². The molecule has 0 spiro atoms. The highest BCUT2D eigenvalue weighted by Gasteiger charge is 2.26. The Morgan fingerprint density at radius 1 is 1.27 bits per heavy atom. The Hall–Kier alpha value is -2.91. The molecule has 0 saturated carbocycles. The van der Waals surface area contributed by atoms with Crippen molar-refractivity contribution < 1.29 is 22.3 Å². The van der Waals surface area contributed by atoms with Crippen LogP contribution in [0.25, 0.3) is 11.3 Å². The third-order valence-electron chi connectivity index (χ3n) is 4.99. The van der Waals surface area contributed by atoms with Crippen molar-refractivity contribution in [3.63, 3.8) is 0 Å². The van der Waals surface area contributed by atoms with Crippen LogP contribution in [-0.2, 0) is 23.1 Å². The van der Waals surface area contributed by atoms with Crippen molar-refractivity contribution in [3.05, 3.63) is 60.0 Å². The molecule has 158 valence electrons. The summed E-state index contributed by atoms with van der Waals surface area (Å²) in [7, 11) is -0.777. The van der Waals surface area contributed by atoms with Gasteiger partial charge in [-0.05, 0) is 42.8 Å². The van der Waals surface area contributed by atoms with Crippen LogP contribution in [0, 0.1) is 5.82 Å². The van der Waals surface area contributed by atoms with E-state index >= 15 is 0 Å². The third kappa shape index (κ3) is 3.78. The maximum Gasteiger partial charge on any atom is 0.297 e. The maximum absolute atomic E-state index is 14.5. The highest BCUT2D eigenvalue weighted by molar-refractivity contribution is 7.89. The Morgan fingerprint density at radius 2 is 2.00 bits per heavy atom. The second-order valence-corrected chi connectivity index (χ2v) is 9.29. The fourth-order valence-corrected chi connectivity index (χ4v) is 4.55. The second kappa shape index (κ2) is 7.73. The zero-order chi connectivity index (χ0) is 21.5. The van der Waals surface area contributed by atoms with Crippen molar-refractivity contribution in [2.45, 2.75) is 31.0 Å². The molecule has 2 heterocycles. The molecule has 0 N–H and O–H groups in total. The van der Waals surface area contributed by atoms with E-state index in [1.807, 2.05) is 6.92 Å². The van der Waals surface area contributed by atoms with E-state index in [-0.39, 0.29) is 23.1 Å². The van der Waals surface area contributed by atoms with E-state index in [0.29, 0.717) is 24.0 Å². The van der Waals surface area contributed by atoms with E-state index in [1.54, 1.807) is 42.1 Å². The van der Waals surface area contributed by atoms with Gasteiger partial charge < -0.3 is 9.47 Å². The van der Waals surface area contributed by atoms with E-state index in [2.05, 4.69) is 4.98 Å². The number of benzene rings is 2. The van der Waals surface area contributed by atoms with Gasteiger partial charge in [0.1, 0.15) is 17.7 Å². The van der Waals surface area contributed by atoms with Crippen LogP contribution < -0.4 is 9.47 Å². The van der Waals surface area contributed by atoms with Crippen LogP contribution in [0.4, 0.5) is 4.39 Å². The summed E-state index contributed by atoms with van der Waals surface area (Å²) >= 11 is 0. The van der Waals surface area contributed by atoms with E-state index in [4.69, 9.17) is 9.47 Å². The van der Waals surface area contributed by atoms with Crippen LogP contribution in [-0.4, -0.2) is 42.5 Å². The van der Waals surface area contributed by atoms with Gasteiger partial charge in [0, 0.05) is 25.4 Å². The average Bonchev–Trinajstić information content (AvgIpc) is 3.26. The minimum atomic E-state index is -3.83. The average molecular weight is 431 g/mol. The lowest BCUT2D eigenvalue weighted by molar-refractivity contribution is 0.246. The molecule has 0 radical (unpaired) electrons. The van der Waals surface area contributed by atoms with Gasteiger partial charge in [-0.1, -0.05) is 12.1 Å². The number of halogens is 1. The molecule has 0 aliphatic carbocycles. The van der Waals surface area contributed by atoms with Gasteiger partial charge in [-0.25, -0.2) is 12.8 Å². The molecule has 0 amide bonds. The molecular weight excluding hydrogens is 409 g/mol. The molecule has 1 aliphatic rings. The summed E-state index contributed by atoms with van der Waals surface area (Å²) in [6, 6.07) is 11.3. The number of fused-ring (bicyclic) bond motifs is 1. The van der Waals surface area contributed by atoms with Crippen LogP contribution in [0.1, 0.15) is 12.5 Å². The van der Waals surface area contributed by atoms with Crippen LogP contribution in [0.5, 0.6) is 11.8 Å². The molecular formula is C21H22FN3O4S. The molecule has 7 nitrogen and oxygen atoms in total. The maximum atomic E-state index is 14.5. The van der Waals surface area contributed by atoms with E-state index in [0.717, 1.165) is 11.6 Å². The minimum Gasteiger partial charge on any atom is -0.497 e. The Morgan fingerprint density at radius 3 is 2.67 bits per heavy atom. The Balaban J connectivity index is 1.61. The van der Waals surface area contributed by atoms with Gasteiger partial charge in [0.25, 0.3) is 6.01 Å². The summed E-state index contributed by atoms with van der Waals surface area (Å²) < 4.78 is 54.3. The first-order valence-corrected chi connectivity index (χ1v) is 10.8. The van der Waals surface area contributed by atoms with Gasteiger partial charge in [-0.15, -0.1) is 0 Å². The van der Waals surface area contributed by atoms with Gasteiger partial charge in [-0.3, -0.25) is 4.57 Å². The third-order valence-corrected chi connectivity index (χ3v) is 6.79. The number of imidazole rings is 1. The molecule has 0 bridgehead atoms. The molecule has 9 heteroatoms. The molecule has 0 fully saturated rings. The van der Waals surface area contributed by atoms with Gasteiger partial charge in [0.15, 0.2) is 0 Å². The Kier molecular flexibility index (Phi) is 5.25. The molecule has 1 unspecified atom stereocenters. The fraction of sp³-hybridized carbons (Fsp3) is 0.286. The first-order valence-electron chi connectivity index (χ1n) is 9.41. The number of aromatic nitrogens is 2. The molecule has 2 aromatic carbocycles. The fourth-order valence-electron chi connectivity index (χ4n) is 3.36. The SMILES string of the molecule is COc1ccc(CN(C)S(=O)(=O)c2ccc(F)c(-c3cn4c(n3)OC(C)C4)c2)cc1. The van der Waals surface area contributed by atoms with E-state index < -0.39 is 15.8 Å². The Bertz CT molecular complexity index is 1150. The van der Waals surface area contributed by atoms with Gasteiger partial charge >= 0.3 is 0 Å². The number of methoxy groups -OCH3 is 1. The van der Waals surface area contributed by atoms with Crippen molar-refractivity contribution in [2.75, 3.05) is 14.2 Å². The number of sulfonamides is 1. The standard InChI is InChI=1S/C21H22FN3O4S/c1-14-11-25-13-20(23-21(25)29-14)18-10-17(8-9-19(18)22)30(26,27)24(2)12-15-4-6-16(28-3)7-5-15/h4-10,13-14H,11-12H2,1-3H3. The lowest BCUT2D eigenvalue weighted by Gasteiger charge is -2.18. The normalized spacial score (nSPS) is 15.8. The Labute approximate surface area is 174 Å². The lowest BCUT2D eigenvalue weighted by Crippen LogP contribution is -2.26. The van der Waals surface area contributed by atoms with Crippen molar-refractivity contribution in [1.82, 2.24) is 13.9 Å². The van der Waals surface area contributed by atoms with Crippen LogP contribution in [0.3, 0.4) is 0 Å². The van der Waals surface area contributed by atoms with Crippen molar-refractivity contribution >= 4 is 10.0 Å². The summed E-state index contributed by atoms with van der Waals surface area (Å²) in [6.45, 7) is 2.71. The van der Waals surface area contributed by atoms with Gasteiger partial charge in [-0.2, -0.15) is 9.29 Å². The van der Waals surface area contributed by atoms with Crippen LogP contribution in [0.2, 0.25) is 0 Å². The lowest BCUT2D eigenvalue weighted by atomic mass is 10.1. The zero-order valence-electron chi connectivity index (χ0n) is 16.9. The topological polar surface area (TPSA) is 73.7 Å². The molecule has 30 heavy (non-hydrogen) atoms. The van der Waals surface area contributed by atoms with Gasteiger partial charge in [0.05, 0.1) is 24.2 Å². The summed E-state index contributed by atoms with van der Waals surface area (Å²) in [5, 5.41) is 0. The highest BCUT2D eigenvalue weighted by atomic mass is 32.2. The van der Waals surface area contributed by atoms with Crippen molar-refractivity contribution in [3.8, 4) is 23.0 Å². The van der Waals surface area contributed by atoms with Gasteiger partial charge in [0.2, 0.25) is 10.0 Å². The zero-order valence-corrected chi connectivity index (χ0v) is 17.7. The van der Waals surface area contributed by atoms with E-state index in [9.17, 15) is 12.8 Å². The van der Waals surface area contributed by atoms with Crippen LogP contribution >= 0.6 is 0 Å². The largest absolute Gasteiger partial charge is 0.497 e. The number of rotatable bonds is 6. The summed E-state index contributed by atoms with van der Waals surface area (Å²) in [5.74, 6) is 0.148. The molecule has 1 atom stereocenters. The first-order chi connectivity index (χ1) is 14.3. The number of hydrogen-bond acceptors (Lipinski definition) is 5. The summed E-state index contributed by atoms with van der Waals surface area (Å²) in [4.78, 5) is 4.30. The first kappa shape index (κ1) is 20.4. The summed E-state index contributed by atoms with van der Waals surface area (Å²) in [5.41, 5.74) is 1.26. The second-order valence-electron chi connectivity index (χ2n) is 7.24. The predicted octanol–water partition coefficient (Wildman–Crippen LogP) is 3.30. The number of ether oxygens (including phenoxy) is 2. The monoisotopic (exact) mass is 431 g/mol. The molecule has 1 aliphatic heterocycles. The quantitative estimate of drug-likeness (QED) is 0.599. The van der Waals surface area contributed by atoms with Crippen molar-refractivity contribution in [2.24, 2.45) is 0 Å². The molecule has 4 rings (SSSR count). The van der Waals surface area contributed by atoms with Crippen LogP contribution in [0.15, 0.2) is 53.6 Å². The minimum absolute atomic E-state index is 0.00245. The van der Waals surface area contributed by atoms with Crippen molar-refractivity contribution in [1.29, 1.82) is 0 Å². The smallest absolute Gasteiger partial charge is 0.297 e. The molecule has 0 saturated heterocycles. The summed E-state index contributed by atoms with van der Waals surface area (Å²) in [6.07, 6.45) is 1.68. The molecule has 3 aromatic rings. The number of nitrogens with zero attached hydrogens (tertiary/aromatic N) is 3. The highest BCUT2D eigenvalue weighted by Crippen LogP contribution is 2.31.